The molecule has 1 aromatic carbocycles. The lowest BCUT2D eigenvalue weighted by Gasteiger charge is -2.60. The number of carbonyl (C=O) groups excluding carboxylic acids is 1. The van der Waals surface area contributed by atoms with Gasteiger partial charge in [0.2, 0.25) is 0 Å². The number of allylic oxidation sites excluding steroid dienone is 1. The van der Waals surface area contributed by atoms with E-state index in [9.17, 15) is 4.79 Å². The quantitative estimate of drug-likeness (QED) is 0.375. The maximum absolute atomic E-state index is 13.2. The predicted molar refractivity (Wildman–Crippen MR) is 148 cm³/mol. The zero-order valence-corrected chi connectivity index (χ0v) is 23.2. The molecule has 0 bridgehead atoms. The Morgan fingerprint density at radius 2 is 1.66 bits per heavy atom. The van der Waals surface area contributed by atoms with Crippen LogP contribution in [0.2, 0.25) is 0 Å². The fraction of sp³-hybridized carbons (Fsp3) is 0.735. The Bertz CT molecular complexity index is 927. The number of fused-ring (bicyclic) bond motifs is 5. The average molecular weight is 475 g/mol. The van der Waals surface area contributed by atoms with Gasteiger partial charge in [0, 0.05) is 6.42 Å². The van der Waals surface area contributed by atoms with Gasteiger partial charge in [0.15, 0.2) is 5.78 Å². The third-order valence-corrected chi connectivity index (χ3v) is 11.8. The van der Waals surface area contributed by atoms with Crippen molar-refractivity contribution in [2.75, 3.05) is 0 Å². The molecule has 0 unspecified atom stereocenters. The zero-order chi connectivity index (χ0) is 24.8. The lowest BCUT2D eigenvalue weighted by atomic mass is 9.44. The molecule has 0 heterocycles. The first kappa shape index (κ1) is 25.3. The van der Waals surface area contributed by atoms with Crippen molar-refractivity contribution in [1.29, 1.82) is 0 Å². The van der Waals surface area contributed by atoms with E-state index < -0.39 is 0 Å². The Kier molecular flexibility index (Phi) is 7.10. The predicted octanol–water partition coefficient (Wildman–Crippen LogP) is 9.37. The summed E-state index contributed by atoms with van der Waals surface area (Å²) in [6.45, 7) is 12.6. The summed E-state index contributed by atoms with van der Waals surface area (Å²) in [5.41, 5.74) is 3.15. The summed E-state index contributed by atoms with van der Waals surface area (Å²) in [5, 5.41) is 0. The van der Waals surface area contributed by atoms with Crippen molar-refractivity contribution in [3.63, 3.8) is 0 Å². The first-order valence-corrected chi connectivity index (χ1v) is 15.0. The van der Waals surface area contributed by atoms with E-state index in [1.165, 1.54) is 63.4 Å². The lowest BCUT2D eigenvalue weighted by Crippen LogP contribution is -2.54. The van der Waals surface area contributed by atoms with Crippen molar-refractivity contribution in [2.24, 2.45) is 52.3 Å². The third-order valence-electron chi connectivity index (χ3n) is 11.8. The summed E-state index contributed by atoms with van der Waals surface area (Å²) in [6.07, 6.45) is 16.6. The smallest absolute Gasteiger partial charge is 0.159 e. The third kappa shape index (κ3) is 4.59. The first-order chi connectivity index (χ1) is 16.7. The van der Waals surface area contributed by atoms with Gasteiger partial charge in [-0.2, -0.15) is 0 Å². The van der Waals surface area contributed by atoms with E-state index >= 15 is 0 Å². The topological polar surface area (TPSA) is 17.1 Å². The molecule has 192 valence electrons. The molecular weight excluding hydrogens is 424 g/mol. The van der Waals surface area contributed by atoms with E-state index in [1.54, 1.807) is 0 Å². The van der Waals surface area contributed by atoms with Crippen LogP contribution in [0.5, 0.6) is 0 Å². The van der Waals surface area contributed by atoms with E-state index in [4.69, 9.17) is 0 Å². The van der Waals surface area contributed by atoms with Crippen LogP contribution in [0.15, 0.2) is 35.9 Å². The average Bonchev–Trinajstić information content (AvgIpc) is 3.18. The molecule has 0 aliphatic heterocycles. The van der Waals surface area contributed by atoms with E-state index in [2.05, 4.69) is 71.0 Å². The van der Waals surface area contributed by atoms with Crippen molar-refractivity contribution in [2.45, 2.75) is 105 Å². The second-order valence-electron chi connectivity index (χ2n) is 14.1. The van der Waals surface area contributed by atoms with E-state index in [-0.39, 0.29) is 0 Å². The molecule has 0 spiro atoms. The normalized spacial score (nSPS) is 40.9. The second-order valence-corrected chi connectivity index (χ2v) is 14.1. The Morgan fingerprint density at radius 1 is 0.914 bits per heavy atom. The maximum atomic E-state index is 13.2. The van der Waals surface area contributed by atoms with Crippen LogP contribution in [0.1, 0.15) is 111 Å². The van der Waals surface area contributed by atoms with Crippen molar-refractivity contribution < 1.29 is 4.79 Å². The molecule has 1 heteroatoms. The van der Waals surface area contributed by atoms with E-state index in [1.807, 2.05) is 0 Å². The SMILES string of the molecule is CC(C)CCC[C@@H](C)[C@H]1CC[C@H]2[C@@H]3CC[C@H]4CC(=O)/C(=C\c5ccccc5)C[C@]4(C)[C@H]3CC[C@]12C. The van der Waals surface area contributed by atoms with Crippen LogP contribution in [-0.2, 0) is 4.79 Å². The van der Waals surface area contributed by atoms with Crippen LogP contribution >= 0.6 is 0 Å². The van der Waals surface area contributed by atoms with Gasteiger partial charge in [-0.3, -0.25) is 4.79 Å². The van der Waals surface area contributed by atoms with Crippen LogP contribution in [0, 0.1) is 52.3 Å². The van der Waals surface area contributed by atoms with Gasteiger partial charge in [0.25, 0.3) is 0 Å². The highest BCUT2D eigenvalue weighted by Gasteiger charge is 2.61. The largest absolute Gasteiger partial charge is 0.295 e. The lowest BCUT2D eigenvalue weighted by molar-refractivity contribution is -0.133. The molecule has 4 saturated carbocycles. The molecule has 1 nitrogen and oxygen atoms in total. The van der Waals surface area contributed by atoms with Crippen LogP contribution in [0.4, 0.5) is 0 Å². The minimum atomic E-state index is 0.305. The summed E-state index contributed by atoms with van der Waals surface area (Å²) in [6, 6.07) is 10.5. The fourth-order valence-corrected chi connectivity index (χ4v) is 9.92. The number of benzene rings is 1. The van der Waals surface area contributed by atoms with E-state index in [0.29, 0.717) is 22.5 Å². The Morgan fingerprint density at radius 3 is 2.40 bits per heavy atom. The molecule has 0 aromatic heterocycles. The zero-order valence-electron chi connectivity index (χ0n) is 23.2. The molecule has 4 fully saturated rings. The van der Waals surface area contributed by atoms with Crippen molar-refractivity contribution in [3.05, 3.63) is 41.5 Å². The fourth-order valence-electron chi connectivity index (χ4n) is 9.92. The molecule has 0 radical (unpaired) electrons. The Balaban J connectivity index is 1.34. The standard InChI is InChI=1S/C34H50O/c1-23(2)10-9-11-24(3)29-16-17-30-28-15-14-27-21-32(35)26(20-25-12-7-6-8-13-25)22-34(27,5)31(28)18-19-33(29,30)4/h6-8,12-13,20,23-24,27-31H,9-11,14-19,21-22H2,1-5H3/b26-20-/t24-,27+,28+,29-,30+,31+,33-,34+/m1/s1. The van der Waals surface area contributed by atoms with Gasteiger partial charge in [-0.05, 0) is 114 Å². The van der Waals surface area contributed by atoms with E-state index in [0.717, 1.165) is 53.9 Å². The maximum Gasteiger partial charge on any atom is 0.159 e. The summed E-state index contributed by atoms with van der Waals surface area (Å²) < 4.78 is 0. The minimum Gasteiger partial charge on any atom is -0.295 e. The van der Waals surface area contributed by atoms with Gasteiger partial charge in [-0.15, -0.1) is 0 Å². The monoisotopic (exact) mass is 474 g/mol. The Hall–Kier alpha value is -1.37. The number of carbonyl (C=O) groups is 1. The Labute approximate surface area is 215 Å². The van der Waals surface area contributed by atoms with Crippen LogP contribution in [0.25, 0.3) is 6.08 Å². The molecular formula is C34H50O. The highest BCUT2D eigenvalue weighted by Crippen LogP contribution is 2.68. The van der Waals surface area contributed by atoms with Crippen LogP contribution in [0.3, 0.4) is 0 Å². The number of ketones is 1. The van der Waals surface area contributed by atoms with Gasteiger partial charge in [-0.1, -0.05) is 84.2 Å². The summed E-state index contributed by atoms with van der Waals surface area (Å²) in [4.78, 5) is 13.2. The molecule has 4 aliphatic carbocycles. The summed E-state index contributed by atoms with van der Waals surface area (Å²) >= 11 is 0. The van der Waals surface area contributed by atoms with Gasteiger partial charge in [0.05, 0.1) is 0 Å². The molecule has 0 saturated heterocycles. The highest BCUT2D eigenvalue weighted by atomic mass is 16.1. The first-order valence-electron chi connectivity index (χ1n) is 15.0. The number of Topliss-reactive ketones (excluding diaryl/α,β-unsaturated/α-hetero) is 1. The number of rotatable bonds is 6. The highest BCUT2D eigenvalue weighted by molar-refractivity contribution is 6.00. The molecule has 0 N–H and O–H groups in total. The number of hydrogen-bond acceptors (Lipinski definition) is 1. The van der Waals surface area contributed by atoms with Gasteiger partial charge < -0.3 is 0 Å². The summed E-state index contributed by atoms with van der Waals surface area (Å²) in [5.74, 6) is 6.26. The molecule has 0 amide bonds. The molecule has 8 atom stereocenters. The molecule has 5 rings (SSSR count). The molecule has 4 aliphatic rings. The summed E-state index contributed by atoms with van der Waals surface area (Å²) in [7, 11) is 0. The van der Waals surface area contributed by atoms with Crippen molar-refractivity contribution in [1.82, 2.24) is 0 Å². The van der Waals surface area contributed by atoms with Crippen LogP contribution in [-0.4, -0.2) is 5.78 Å². The molecule has 35 heavy (non-hydrogen) atoms. The second kappa shape index (κ2) is 9.83. The minimum absolute atomic E-state index is 0.305. The van der Waals surface area contributed by atoms with Gasteiger partial charge in [0.1, 0.15) is 0 Å². The van der Waals surface area contributed by atoms with Gasteiger partial charge in [-0.25, -0.2) is 0 Å². The molecule has 1 aromatic rings. The van der Waals surface area contributed by atoms with Crippen molar-refractivity contribution in [3.8, 4) is 0 Å². The number of hydrogen-bond donors (Lipinski definition) is 0. The van der Waals surface area contributed by atoms with Gasteiger partial charge >= 0.3 is 0 Å². The van der Waals surface area contributed by atoms with Crippen LogP contribution < -0.4 is 0 Å². The van der Waals surface area contributed by atoms with Crippen molar-refractivity contribution >= 4 is 11.9 Å².